The summed E-state index contributed by atoms with van der Waals surface area (Å²) in [6.07, 6.45) is 3.84. The van der Waals surface area contributed by atoms with Crippen molar-refractivity contribution < 1.29 is 23.8 Å². The monoisotopic (exact) mass is 498 g/mol. The van der Waals surface area contributed by atoms with E-state index in [1.807, 2.05) is 26.0 Å². The smallest absolute Gasteiger partial charge is 0.290 e. The second-order valence-electron chi connectivity index (χ2n) is 7.84. The van der Waals surface area contributed by atoms with Crippen molar-refractivity contribution in [2.24, 2.45) is 0 Å². The number of hydrogen-bond donors (Lipinski definition) is 1. The number of nitrogens with zero attached hydrogens (tertiary/aromatic N) is 2. The van der Waals surface area contributed by atoms with E-state index in [1.165, 1.54) is 4.90 Å². The fourth-order valence-corrected chi connectivity index (χ4v) is 4.20. The van der Waals surface area contributed by atoms with E-state index < -0.39 is 23.5 Å². The molecule has 1 unspecified atom stereocenters. The van der Waals surface area contributed by atoms with Gasteiger partial charge in [-0.15, -0.1) is 0 Å². The van der Waals surface area contributed by atoms with Crippen LogP contribution in [0, 0.1) is 0 Å². The number of furan rings is 1. The van der Waals surface area contributed by atoms with Crippen molar-refractivity contribution in [3.05, 3.63) is 75.9 Å². The van der Waals surface area contributed by atoms with Gasteiger partial charge in [0, 0.05) is 35.4 Å². The third-order valence-corrected chi connectivity index (χ3v) is 5.76. The number of Topliss-reactive ketones (excluding diaryl/α,β-unsaturated/α-hetero) is 1. The third-order valence-electron chi connectivity index (χ3n) is 5.27. The molecule has 166 valence electrons. The molecule has 7 nitrogen and oxygen atoms in total. The number of pyridine rings is 1. The lowest BCUT2D eigenvalue weighted by atomic mass is 9.95. The van der Waals surface area contributed by atoms with Gasteiger partial charge in [0.25, 0.3) is 5.91 Å². The molecule has 1 amide bonds. The van der Waals surface area contributed by atoms with Crippen LogP contribution in [0.3, 0.4) is 0 Å². The van der Waals surface area contributed by atoms with Crippen LogP contribution in [0.25, 0.3) is 11.0 Å². The molecule has 0 saturated carbocycles. The number of ether oxygens (including phenoxy) is 1. The zero-order valence-electron chi connectivity index (χ0n) is 17.7. The Labute approximate surface area is 193 Å². The lowest BCUT2D eigenvalue weighted by Gasteiger charge is -2.26. The van der Waals surface area contributed by atoms with Gasteiger partial charge in [0.2, 0.25) is 5.78 Å². The molecular weight excluding hydrogens is 476 g/mol. The van der Waals surface area contributed by atoms with Gasteiger partial charge in [0.05, 0.1) is 17.7 Å². The van der Waals surface area contributed by atoms with E-state index in [0.717, 1.165) is 9.86 Å². The maximum Gasteiger partial charge on any atom is 0.290 e. The van der Waals surface area contributed by atoms with Crippen molar-refractivity contribution in [2.45, 2.75) is 32.4 Å². The van der Waals surface area contributed by atoms with Gasteiger partial charge in [0.1, 0.15) is 5.58 Å². The van der Waals surface area contributed by atoms with Crippen molar-refractivity contribution >= 4 is 38.6 Å². The number of amides is 1. The van der Waals surface area contributed by atoms with Crippen molar-refractivity contribution in [3.63, 3.8) is 0 Å². The van der Waals surface area contributed by atoms with Gasteiger partial charge in [-0.25, -0.2) is 0 Å². The summed E-state index contributed by atoms with van der Waals surface area (Å²) >= 11 is 3.41. The first-order valence-electron chi connectivity index (χ1n) is 10.4. The molecule has 0 aliphatic carbocycles. The maximum atomic E-state index is 13.5. The molecule has 0 fully saturated rings. The molecule has 1 atom stereocenters. The molecule has 1 aliphatic heterocycles. The van der Waals surface area contributed by atoms with Crippen LogP contribution < -0.4 is 0 Å². The first kappa shape index (κ1) is 22.2. The number of fused-ring (bicyclic) bond motifs is 1. The van der Waals surface area contributed by atoms with Gasteiger partial charge in [0.15, 0.2) is 11.5 Å². The minimum absolute atomic E-state index is 0.00380. The summed E-state index contributed by atoms with van der Waals surface area (Å²) in [5.41, 5.74) is 1.23. The molecule has 1 N–H and O–H groups in total. The summed E-state index contributed by atoms with van der Waals surface area (Å²) in [6.45, 7) is 4.67. The van der Waals surface area contributed by atoms with E-state index in [4.69, 9.17) is 9.15 Å². The Kier molecular flexibility index (Phi) is 6.43. The Morgan fingerprint density at radius 3 is 2.72 bits per heavy atom. The van der Waals surface area contributed by atoms with Crippen molar-refractivity contribution in [3.8, 4) is 0 Å². The quantitative estimate of drug-likeness (QED) is 0.347. The van der Waals surface area contributed by atoms with E-state index >= 15 is 0 Å². The Morgan fingerprint density at radius 1 is 1.25 bits per heavy atom. The molecule has 1 aliphatic rings. The summed E-state index contributed by atoms with van der Waals surface area (Å²) in [5.74, 6) is -1.59. The van der Waals surface area contributed by atoms with Gasteiger partial charge >= 0.3 is 0 Å². The molecule has 0 spiro atoms. The lowest BCUT2D eigenvalue weighted by molar-refractivity contribution is -0.129. The number of benzene rings is 1. The summed E-state index contributed by atoms with van der Waals surface area (Å²) in [6, 6.07) is 9.76. The first-order valence-corrected chi connectivity index (χ1v) is 11.2. The lowest BCUT2D eigenvalue weighted by Crippen LogP contribution is -2.32. The molecule has 2 aromatic heterocycles. The molecule has 3 aromatic rings. The summed E-state index contributed by atoms with van der Waals surface area (Å²) in [7, 11) is 0. The summed E-state index contributed by atoms with van der Waals surface area (Å²) in [4.78, 5) is 31.9. The number of halogens is 1. The van der Waals surface area contributed by atoms with Crippen LogP contribution in [0.2, 0.25) is 0 Å². The molecule has 4 rings (SSSR count). The Balaban J connectivity index is 1.69. The Hall–Kier alpha value is -2.97. The second kappa shape index (κ2) is 9.26. The van der Waals surface area contributed by atoms with Gasteiger partial charge in [-0.05, 0) is 62.2 Å². The van der Waals surface area contributed by atoms with Crippen LogP contribution in [0.15, 0.2) is 69.0 Å². The number of rotatable bonds is 8. The highest BCUT2D eigenvalue weighted by molar-refractivity contribution is 9.10. The highest BCUT2D eigenvalue weighted by Gasteiger charge is 2.44. The largest absolute Gasteiger partial charge is 0.503 e. The zero-order valence-corrected chi connectivity index (χ0v) is 19.3. The van der Waals surface area contributed by atoms with Gasteiger partial charge in [-0.2, -0.15) is 0 Å². The summed E-state index contributed by atoms with van der Waals surface area (Å²) < 4.78 is 12.2. The maximum absolute atomic E-state index is 13.5. The van der Waals surface area contributed by atoms with E-state index in [2.05, 4.69) is 20.9 Å². The number of ketones is 1. The number of hydrogen-bond acceptors (Lipinski definition) is 6. The van der Waals surface area contributed by atoms with Crippen LogP contribution in [0.5, 0.6) is 0 Å². The van der Waals surface area contributed by atoms with Crippen molar-refractivity contribution in [2.75, 3.05) is 13.2 Å². The van der Waals surface area contributed by atoms with Crippen molar-refractivity contribution in [1.82, 2.24) is 9.88 Å². The molecular formula is C24H23BrN2O5. The number of aliphatic hydroxyl groups is 1. The highest BCUT2D eigenvalue weighted by atomic mass is 79.9. The minimum atomic E-state index is -0.739. The number of aliphatic hydroxyl groups excluding tert-OH is 1. The highest BCUT2D eigenvalue weighted by Crippen LogP contribution is 2.39. The average Bonchev–Trinajstić information content (AvgIpc) is 3.30. The zero-order chi connectivity index (χ0) is 22.8. The molecule has 32 heavy (non-hydrogen) atoms. The van der Waals surface area contributed by atoms with E-state index in [1.54, 1.807) is 36.7 Å². The summed E-state index contributed by atoms with van der Waals surface area (Å²) in [5, 5.41) is 11.5. The van der Waals surface area contributed by atoms with Crippen LogP contribution in [-0.4, -0.2) is 45.9 Å². The van der Waals surface area contributed by atoms with E-state index in [-0.39, 0.29) is 17.4 Å². The number of aromatic nitrogens is 1. The Morgan fingerprint density at radius 2 is 2.00 bits per heavy atom. The first-order chi connectivity index (χ1) is 15.4. The van der Waals surface area contributed by atoms with E-state index in [9.17, 15) is 14.7 Å². The third kappa shape index (κ3) is 4.33. The topological polar surface area (TPSA) is 92.9 Å². The van der Waals surface area contributed by atoms with Crippen LogP contribution in [-0.2, 0) is 9.53 Å². The van der Waals surface area contributed by atoms with Gasteiger partial charge in [-0.1, -0.05) is 15.9 Å². The molecule has 0 bridgehead atoms. The minimum Gasteiger partial charge on any atom is -0.503 e. The van der Waals surface area contributed by atoms with Crippen molar-refractivity contribution in [1.29, 1.82) is 0 Å². The van der Waals surface area contributed by atoms with Gasteiger partial charge in [-0.3, -0.25) is 14.6 Å². The normalized spacial score (nSPS) is 16.6. The van der Waals surface area contributed by atoms with Gasteiger partial charge < -0.3 is 19.2 Å². The SMILES string of the molecule is CC(C)OCCCN1C(=O)C(O)=C(C(=O)c2cc3cc(Br)ccc3o2)C1c1ccncc1. The van der Waals surface area contributed by atoms with E-state index in [0.29, 0.717) is 30.7 Å². The molecule has 0 radical (unpaired) electrons. The Bertz CT molecular complexity index is 1190. The van der Waals surface area contributed by atoms with Crippen LogP contribution in [0.4, 0.5) is 0 Å². The predicted octanol–water partition coefficient (Wildman–Crippen LogP) is 4.98. The fraction of sp³-hybridized carbons (Fsp3) is 0.292. The number of carbonyl (C=O) groups excluding carboxylic acids is 2. The molecule has 1 aromatic carbocycles. The standard InChI is InChI=1S/C24H23BrN2O5/c1-14(2)31-11-3-10-27-21(15-6-8-26-9-7-15)20(23(29)24(27)30)22(28)19-13-16-12-17(25)4-5-18(16)32-19/h4-9,12-14,21,29H,3,10-11H2,1-2H3. The average molecular weight is 499 g/mol. The molecule has 8 heteroatoms. The number of carbonyl (C=O) groups is 2. The van der Waals surface area contributed by atoms with Crippen LogP contribution in [0.1, 0.15) is 42.4 Å². The second-order valence-corrected chi connectivity index (χ2v) is 8.75. The molecule has 3 heterocycles. The van der Waals surface area contributed by atoms with Crippen LogP contribution >= 0.6 is 15.9 Å². The fourth-order valence-electron chi connectivity index (χ4n) is 3.82. The predicted molar refractivity (Wildman–Crippen MR) is 122 cm³/mol. The molecule has 0 saturated heterocycles.